The van der Waals surface area contributed by atoms with Gasteiger partial charge in [0.1, 0.15) is 17.3 Å². The molecule has 0 saturated carbocycles. The van der Waals surface area contributed by atoms with Gasteiger partial charge in [-0.25, -0.2) is 0 Å². The van der Waals surface area contributed by atoms with E-state index >= 15 is 0 Å². The number of carbonyl (C=O) groups excluding carboxylic acids is 2. The summed E-state index contributed by atoms with van der Waals surface area (Å²) in [5.74, 6) is -0.531. The molecule has 4 rings (SSSR count). The van der Waals surface area contributed by atoms with Gasteiger partial charge in [0.05, 0.1) is 37.5 Å². The van der Waals surface area contributed by atoms with Gasteiger partial charge in [0, 0.05) is 13.2 Å². The molecule has 0 bridgehead atoms. The molecular weight excluding hydrogens is 410 g/mol. The number of rotatable bonds is 6. The van der Waals surface area contributed by atoms with Gasteiger partial charge in [0.2, 0.25) is 0 Å². The van der Waals surface area contributed by atoms with E-state index in [0.29, 0.717) is 29.2 Å². The van der Waals surface area contributed by atoms with Gasteiger partial charge in [0.15, 0.2) is 0 Å². The van der Waals surface area contributed by atoms with Crippen molar-refractivity contribution in [2.45, 2.75) is 31.9 Å². The number of carbonyl (C=O) groups is 2. The molecule has 0 aromatic heterocycles. The second kappa shape index (κ2) is 9.04. The number of aliphatic hydroxyl groups excluding tert-OH is 1. The van der Waals surface area contributed by atoms with Crippen LogP contribution >= 0.6 is 0 Å². The van der Waals surface area contributed by atoms with Crippen LogP contribution in [0.15, 0.2) is 48.0 Å². The summed E-state index contributed by atoms with van der Waals surface area (Å²) in [4.78, 5) is 27.8. The minimum Gasteiger partial charge on any atom is -0.507 e. The summed E-state index contributed by atoms with van der Waals surface area (Å²) in [6, 6.07) is 11.7. The summed E-state index contributed by atoms with van der Waals surface area (Å²) >= 11 is 0. The van der Waals surface area contributed by atoms with Crippen LogP contribution in [0.4, 0.5) is 0 Å². The Hall–Kier alpha value is -3.32. The van der Waals surface area contributed by atoms with Crippen LogP contribution in [0, 0.1) is 6.92 Å². The number of methoxy groups -OCH3 is 2. The fourth-order valence-electron chi connectivity index (χ4n) is 4.36. The highest BCUT2D eigenvalue weighted by Gasteiger charge is 2.47. The number of aryl methyl sites for hydroxylation is 1. The van der Waals surface area contributed by atoms with E-state index in [1.54, 1.807) is 43.5 Å². The van der Waals surface area contributed by atoms with E-state index < -0.39 is 17.7 Å². The normalized spacial score (nSPS) is 22.4. The number of nitrogens with zero attached hydrogens (tertiary/aromatic N) is 1. The smallest absolute Gasteiger partial charge is 0.295 e. The lowest BCUT2D eigenvalue weighted by molar-refractivity contribution is -0.140. The van der Waals surface area contributed by atoms with Crippen LogP contribution in [0.25, 0.3) is 5.76 Å². The maximum atomic E-state index is 13.2. The third-order valence-corrected chi connectivity index (χ3v) is 6.01. The molecule has 2 aliphatic heterocycles. The van der Waals surface area contributed by atoms with Gasteiger partial charge in [-0.2, -0.15) is 0 Å². The fourth-order valence-corrected chi connectivity index (χ4v) is 4.36. The Labute approximate surface area is 187 Å². The molecule has 2 fully saturated rings. The van der Waals surface area contributed by atoms with Crippen LogP contribution in [0.3, 0.4) is 0 Å². The van der Waals surface area contributed by atoms with Crippen molar-refractivity contribution in [2.75, 3.05) is 27.4 Å². The van der Waals surface area contributed by atoms with Gasteiger partial charge >= 0.3 is 0 Å². The summed E-state index contributed by atoms with van der Waals surface area (Å²) in [5.41, 5.74) is 2.02. The van der Waals surface area contributed by atoms with E-state index in [1.807, 2.05) is 13.0 Å². The molecule has 2 aliphatic rings. The maximum Gasteiger partial charge on any atom is 0.295 e. The second-order valence-electron chi connectivity index (χ2n) is 8.06. The fraction of sp³-hybridized carbons (Fsp3) is 0.360. The second-order valence-corrected chi connectivity index (χ2v) is 8.06. The van der Waals surface area contributed by atoms with Crippen molar-refractivity contribution in [1.82, 2.24) is 4.90 Å². The van der Waals surface area contributed by atoms with Crippen molar-refractivity contribution < 1.29 is 28.9 Å². The summed E-state index contributed by atoms with van der Waals surface area (Å²) in [6.45, 7) is 2.80. The highest BCUT2D eigenvalue weighted by molar-refractivity contribution is 6.46. The SMILES string of the molecule is COc1ccc(C2/C(=C(\O)c3cc(C)ccc3OC)C(=O)C(=O)N2CC2CCCO2)cc1. The topological polar surface area (TPSA) is 85.3 Å². The van der Waals surface area contributed by atoms with Gasteiger partial charge in [-0.15, -0.1) is 0 Å². The molecule has 32 heavy (non-hydrogen) atoms. The molecule has 2 aromatic carbocycles. The Bertz CT molecular complexity index is 1050. The first-order chi connectivity index (χ1) is 15.4. The molecule has 2 saturated heterocycles. The number of benzene rings is 2. The van der Waals surface area contributed by atoms with Gasteiger partial charge in [-0.3, -0.25) is 9.59 Å². The average molecular weight is 437 g/mol. The van der Waals surface area contributed by atoms with Gasteiger partial charge < -0.3 is 24.2 Å². The standard InChI is InChI=1S/C25H27NO6/c1-15-6-11-20(31-3)19(13-15)23(27)21-22(16-7-9-17(30-2)10-8-16)26(25(29)24(21)28)14-18-5-4-12-32-18/h6-11,13,18,22,27H,4-5,12,14H2,1-3H3/b23-21+. The lowest BCUT2D eigenvalue weighted by atomic mass is 9.94. The number of ether oxygens (including phenoxy) is 3. The minimum atomic E-state index is -0.740. The quantitative estimate of drug-likeness (QED) is 0.422. The molecular formula is C25H27NO6. The van der Waals surface area contributed by atoms with Crippen molar-refractivity contribution in [3.63, 3.8) is 0 Å². The Kier molecular flexibility index (Phi) is 6.19. The Morgan fingerprint density at radius 3 is 2.50 bits per heavy atom. The molecule has 7 nitrogen and oxygen atoms in total. The zero-order valence-corrected chi connectivity index (χ0v) is 18.5. The van der Waals surface area contributed by atoms with E-state index in [-0.39, 0.29) is 24.0 Å². The summed E-state index contributed by atoms with van der Waals surface area (Å²) in [6.07, 6.45) is 1.61. The minimum absolute atomic E-state index is 0.0436. The van der Waals surface area contributed by atoms with Crippen LogP contribution < -0.4 is 9.47 Å². The molecule has 2 unspecified atom stereocenters. The highest BCUT2D eigenvalue weighted by Crippen LogP contribution is 2.42. The van der Waals surface area contributed by atoms with Crippen molar-refractivity contribution >= 4 is 17.4 Å². The van der Waals surface area contributed by atoms with Crippen molar-refractivity contribution in [3.05, 3.63) is 64.7 Å². The first-order valence-electron chi connectivity index (χ1n) is 10.6. The lowest BCUT2D eigenvalue weighted by Gasteiger charge is -2.27. The first kappa shape index (κ1) is 21.9. The third kappa shape index (κ3) is 3.96. The molecule has 1 amide bonds. The molecule has 7 heteroatoms. The molecule has 168 valence electrons. The van der Waals surface area contributed by atoms with Crippen LogP contribution in [-0.4, -0.2) is 55.2 Å². The number of amides is 1. The van der Waals surface area contributed by atoms with E-state index in [9.17, 15) is 14.7 Å². The number of aliphatic hydroxyl groups is 1. The molecule has 2 heterocycles. The van der Waals surface area contributed by atoms with E-state index in [4.69, 9.17) is 14.2 Å². The molecule has 1 N–H and O–H groups in total. The van der Waals surface area contributed by atoms with E-state index in [1.165, 1.54) is 12.0 Å². The van der Waals surface area contributed by atoms with Crippen LogP contribution in [-0.2, 0) is 14.3 Å². The summed E-state index contributed by atoms with van der Waals surface area (Å²) < 4.78 is 16.4. The van der Waals surface area contributed by atoms with Crippen LogP contribution in [0.5, 0.6) is 11.5 Å². The average Bonchev–Trinajstić information content (AvgIpc) is 3.41. The molecule has 2 atom stereocenters. The lowest BCUT2D eigenvalue weighted by Crippen LogP contribution is -2.36. The van der Waals surface area contributed by atoms with Gasteiger partial charge in [-0.1, -0.05) is 23.8 Å². The maximum absolute atomic E-state index is 13.2. The number of hydrogen-bond donors (Lipinski definition) is 1. The first-order valence-corrected chi connectivity index (χ1v) is 10.6. The monoisotopic (exact) mass is 437 g/mol. The molecule has 2 aromatic rings. The van der Waals surface area contributed by atoms with Crippen LogP contribution in [0.2, 0.25) is 0 Å². The number of ketones is 1. The van der Waals surface area contributed by atoms with E-state index in [0.717, 1.165) is 18.4 Å². The Morgan fingerprint density at radius 2 is 1.88 bits per heavy atom. The van der Waals surface area contributed by atoms with E-state index in [2.05, 4.69) is 0 Å². The highest BCUT2D eigenvalue weighted by atomic mass is 16.5. The molecule has 0 aliphatic carbocycles. The van der Waals surface area contributed by atoms with Crippen molar-refractivity contribution in [1.29, 1.82) is 0 Å². The number of likely N-dealkylation sites (tertiary alicyclic amines) is 1. The van der Waals surface area contributed by atoms with Crippen molar-refractivity contribution in [2.24, 2.45) is 0 Å². The zero-order valence-electron chi connectivity index (χ0n) is 18.5. The molecule has 0 radical (unpaired) electrons. The largest absolute Gasteiger partial charge is 0.507 e. The molecule has 0 spiro atoms. The Morgan fingerprint density at radius 1 is 1.12 bits per heavy atom. The predicted molar refractivity (Wildman–Crippen MR) is 119 cm³/mol. The Balaban J connectivity index is 1.86. The zero-order chi connectivity index (χ0) is 22.8. The van der Waals surface area contributed by atoms with Gasteiger partial charge in [0.25, 0.3) is 11.7 Å². The van der Waals surface area contributed by atoms with Crippen molar-refractivity contribution in [3.8, 4) is 11.5 Å². The number of Topliss-reactive ketones (excluding diaryl/α,β-unsaturated/α-hetero) is 1. The van der Waals surface area contributed by atoms with Gasteiger partial charge in [-0.05, 0) is 49.6 Å². The third-order valence-electron chi connectivity index (χ3n) is 6.01. The summed E-state index contributed by atoms with van der Waals surface area (Å²) in [7, 11) is 3.07. The van der Waals surface area contributed by atoms with Crippen LogP contribution in [0.1, 0.15) is 35.6 Å². The summed E-state index contributed by atoms with van der Waals surface area (Å²) in [5, 5.41) is 11.3. The number of hydrogen-bond acceptors (Lipinski definition) is 6. The predicted octanol–water partition coefficient (Wildman–Crippen LogP) is 3.61.